The molecule has 19 heavy (non-hydrogen) atoms. The molecule has 0 fully saturated rings. The first-order valence-electron chi connectivity index (χ1n) is 5.76. The van der Waals surface area contributed by atoms with E-state index in [9.17, 15) is 13.9 Å². The van der Waals surface area contributed by atoms with Crippen LogP contribution in [-0.4, -0.2) is 17.5 Å². The maximum Gasteiger partial charge on any atom is 0.586 e. The van der Waals surface area contributed by atoms with Crippen molar-refractivity contribution in [3.8, 4) is 11.5 Å². The minimum Gasteiger partial charge on any atom is -0.395 e. The smallest absolute Gasteiger partial charge is 0.395 e. The number of alkyl halides is 2. The lowest BCUT2D eigenvalue weighted by molar-refractivity contribution is -0.286. The third kappa shape index (κ3) is 3.46. The van der Waals surface area contributed by atoms with Gasteiger partial charge in [0.25, 0.3) is 0 Å². The second-order valence-electron chi connectivity index (χ2n) is 4.26. The highest BCUT2D eigenvalue weighted by atomic mass is 35.5. The zero-order valence-electron chi connectivity index (χ0n) is 10.3. The van der Waals surface area contributed by atoms with E-state index < -0.39 is 18.4 Å². The lowest BCUT2D eigenvalue weighted by Gasteiger charge is -2.18. The Labute approximate surface area is 115 Å². The van der Waals surface area contributed by atoms with Gasteiger partial charge in [-0.05, 0) is 24.1 Å². The SMILES string of the molecule is CCC[C@@H](O)[C@@H](N)c1ccc2c(c1)OC(F)(F)O2.Cl. The number of halogens is 3. The summed E-state index contributed by atoms with van der Waals surface area (Å²) in [5, 5.41) is 9.78. The average molecular weight is 296 g/mol. The summed E-state index contributed by atoms with van der Waals surface area (Å²) in [7, 11) is 0. The van der Waals surface area contributed by atoms with E-state index in [1.165, 1.54) is 12.1 Å². The Kier molecular flexibility index (Phi) is 4.95. The van der Waals surface area contributed by atoms with E-state index in [2.05, 4.69) is 9.47 Å². The maximum absolute atomic E-state index is 12.8. The largest absolute Gasteiger partial charge is 0.586 e. The number of nitrogens with two attached hydrogens (primary N) is 1. The van der Waals surface area contributed by atoms with Crippen molar-refractivity contribution in [1.29, 1.82) is 0 Å². The van der Waals surface area contributed by atoms with Crippen molar-refractivity contribution in [3.63, 3.8) is 0 Å². The number of aliphatic hydroxyl groups is 1. The molecule has 2 rings (SSSR count). The predicted octanol–water partition coefficient (Wildman–Crippen LogP) is 2.59. The molecule has 1 heterocycles. The van der Waals surface area contributed by atoms with Crippen molar-refractivity contribution in [3.05, 3.63) is 23.8 Å². The molecule has 1 aliphatic rings. The number of rotatable bonds is 4. The molecular weight excluding hydrogens is 280 g/mol. The molecule has 7 heteroatoms. The first-order valence-corrected chi connectivity index (χ1v) is 5.76. The van der Waals surface area contributed by atoms with Crippen LogP contribution >= 0.6 is 12.4 Å². The van der Waals surface area contributed by atoms with E-state index in [1.807, 2.05) is 6.92 Å². The number of benzene rings is 1. The maximum atomic E-state index is 12.8. The number of fused-ring (bicyclic) bond motifs is 1. The molecule has 1 aliphatic heterocycles. The van der Waals surface area contributed by atoms with Crippen LogP contribution in [0.1, 0.15) is 31.4 Å². The zero-order valence-corrected chi connectivity index (χ0v) is 11.1. The zero-order chi connectivity index (χ0) is 13.3. The monoisotopic (exact) mass is 295 g/mol. The number of aliphatic hydroxyl groups excluding tert-OH is 1. The van der Waals surface area contributed by atoms with Gasteiger partial charge in [0.15, 0.2) is 11.5 Å². The Morgan fingerprint density at radius 1 is 1.32 bits per heavy atom. The van der Waals surface area contributed by atoms with Crippen LogP contribution in [0, 0.1) is 0 Å². The van der Waals surface area contributed by atoms with Gasteiger partial charge in [0, 0.05) is 0 Å². The van der Waals surface area contributed by atoms with Gasteiger partial charge >= 0.3 is 6.29 Å². The Morgan fingerprint density at radius 2 is 1.95 bits per heavy atom. The summed E-state index contributed by atoms with van der Waals surface area (Å²) < 4.78 is 34.3. The van der Waals surface area contributed by atoms with Crippen LogP contribution in [0.4, 0.5) is 8.78 Å². The molecule has 0 spiro atoms. The Balaban J connectivity index is 0.00000180. The van der Waals surface area contributed by atoms with Gasteiger partial charge in [-0.15, -0.1) is 21.2 Å². The summed E-state index contributed by atoms with van der Waals surface area (Å²) in [4.78, 5) is 0. The highest BCUT2D eigenvalue weighted by Crippen LogP contribution is 2.42. The third-order valence-corrected chi connectivity index (χ3v) is 2.81. The minimum atomic E-state index is -3.63. The van der Waals surface area contributed by atoms with Gasteiger partial charge < -0.3 is 20.3 Å². The van der Waals surface area contributed by atoms with Crippen molar-refractivity contribution >= 4 is 12.4 Å². The lowest BCUT2D eigenvalue weighted by Crippen LogP contribution is -2.26. The van der Waals surface area contributed by atoms with Crippen LogP contribution in [0.2, 0.25) is 0 Å². The molecule has 4 nitrogen and oxygen atoms in total. The summed E-state index contributed by atoms with van der Waals surface area (Å²) in [6.45, 7) is 1.93. The highest BCUT2D eigenvalue weighted by molar-refractivity contribution is 5.85. The molecule has 0 amide bonds. The Hall–Kier alpha value is -1.11. The fraction of sp³-hybridized carbons (Fsp3) is 0.500. The number of hydrogen-bond acceptors (Lipinski definition) is 4. The molecule has 0 radical (unpaired) electrons. The van der Waals surface area contributed by atoms with Gasteiger partial charge in [-0.2, -0.15) is 0 Å². The highest BCUT2D eigenvalue weighted by Gasteiger charge is 2.43. The van der Waals surface area contributed by atoms with E-state index >= 15 is 0 Å². The summed E-state index contributed by atoms with van der Waals surface area (Å²) in [6, 6.07) is 3.66. The summed E-state index contributed by atoms with van der Waals surface area (Å²) in [5.74, 6) is -0.0856. The van der Waals surface area contributed by atoms with Crippen molar-refractivity contribution in [2.75, 3.05) is 0 Å². The quantitative estimate of drug-likeness (QED) is 0.896. The van der Waals surface area contributed by atoms with E-state index in [4.69, 9.17) is 5.73 Å². The molecule has 0 saturated carbocycles. The van der Waals surface area contributed by atoms with Crippen LogP contribution in [0.3, 0.4) is 0 Å². The molecule has 3 N–H and O–H groups in total. The van der Waals surface area contributed by atoms with Gasteiger partial charge in [0.2, 0.25) is 0 Å². The molecule has 108 valence electrons. The summed E-state index contributed by atoms with van der Waals surface area (Å²) >= 11 is 0. The van der Waals surface area contributed by atoms with Gasteiger partial charge in [-0.3, -0.25) is 0 Å². The van der Waals surface area contributed by atoms with Crippen molar-refractivity contribution in [2.45, 2.75) is 38.2 Å². The number of ether oxygens (including phenoxy) is 2. The second kappa shape index (κ2) is 5.90. The van der Waals surface area contributed by atoms with Crippen molar-refractivity contribution in [2.24, 2.45) is 5.73 Å². The van der Waals surface area contributed by atoms with Crippen molar-refractivity contribution in [1.82, 2.24) is 0 Å². The Bertz CT molecular complexity index is 445. The third-order valence-electron chi connectivity index (χ3n) is 2.81. The van der Waals surface area contributed by atoms with Crippen LogP contribution in [0.25, 0.3) is 0 Å². The topological polar surface area (TPSA) is 64.7 Å². The van der Waals surface area contributed by atoms with Crippen LogP contribution in [-0.2, 0) is 0 Å². The second-order valence-corrected chi connectivity index (χ2v) is 4.26. The van der Waals surface area contributed by atoms with E-state index in [0.717, 1.165) is 6.42 Å². The lowest BCUT2D eigenvalue weighted by atomic mass is 9.99. The minimum absolute atomic E-state index is 0. The molecule has 0 unspecified atom stereocenters. The van der Waals surface area contributed by atoms with Crippen LogP contribution in [0.5, 0.6) is 11.5 Å². The predicted molar refractivity (Wildman–Crippen MR) is 67.7 cm³/mol. The van der Waals surface area contributed by atoms with Crippen molar-refractivity contribution < 1.29 is 23.4 Å². The molecule has 0 aromatic heterocycles. The molecule has 0 bridgehead atoms. The molecule has 0 aliphatic carbocycles. The first kappa shape index (κ1) is 15.9. The van der Waals surface area contributed by atoms with Gasteiger partial charge in [0.05, 0.1) is 12.1 Å². The molecule has 0 saturated heterocycles. The average Bonchev–Trinajstić information content (AvgIpc) is 2.60. The van der Waals surface area contributed by atoms with Crippen LogP contribution < -0.4 is 15.2 Å². The summed E-state index contributed by atoms with van der Waals surface area (Å²) in [5.41, 5.74) is 6.39. The van der Waals surface area contributed by atoms with E-state index in [-0.39, 0.29) is 23.9 Å². The van der Waals surface area contributed by atoms with Gasteiger partial charge in [-0.1, -0.05) is 19.4 Å². The van der Waals surface area contributed by atoms with Gasteiger partial charge in [-0.25, -0.2) is 0 Å². The molecule has 1 aromatic carbocycles. The normalized spacial score (nSPS) is 18.6. The summed E-state index contributed by atoms with van der Waals surface area (Å²) in [6.07, 6.45) is -3.01. The fourth-order valence-electron chi connectivity index (χ4n) is 1.87. The van der Waals surface area contributed by atoms with E-state index in [0.29, 0.717) is 12.0 Å². The standard InChI is InChI=1S/C12H15F2NO3.ClH/c1-2-3-8(16)11(15)7-4-5-9-10(6-7)18-12(13,14)17-9;/h4-6,8,11,16H,2-3,15H2,1H3;1H/t8-,11+;/m1./s1. The molecular formula is C12H16ClF2NO3. The molecule has 2 atom stereocenters. The number of hydrogen-bond donors (Lipinski definition) is 2. The first-order chi connectivity index (χ1) is 8.43. The Morgan fingerprint density at radius 3 is 2.58 bits per heavy atom. The van der Waals surface area contributed by atoms with E-state index in [1.54, 1.807) is 6.07 Å². The fourth-order valence-corrected chi connectivity index (χ4v) is 1.87. The van der Waals surface area contributed by atoms with Crippen LogP contribution in [0.15, 0.2) is 18.2 Å². The van der Waals surface area contributed by atoms with Gasteiger partial charge in [0.1, 0.15) is 0 Å². The molecule has 1 aromatic rings.